The van der Waals surface area contributed by atoms with E-state index in [1.165, 1.54) is 10.9 Å². The fourth-order valence-corrected chi connectivity index (χ4v) is 2.39. The molecule has 0 fully saturated rings. The molecule has 2 atom stereocenters. The van der Waals surface area contributed by atoms with Crippen molar-refractivity contribution >= 4 is 6.09 Å². The van der Waals surface area contributed by atoms with Crippen LogP contribution in [0.15, 0.2) is 43.0 Å². The summed E-state index contributed by atoms with van der Waals surface area (Å²) in [5.74, 6) is 0.488. The molecule has 102 valence electrons. The first-order chi connectivity index (χ1) is 9.09. The minimum atomic E-state index is -0.377. The number of nitrogens with zero attached hydrogens (tertiary/aromatic N) is 2. The molecule has 0 aromatic carbocycles. The van der Waals surface area contributed by atoms with Gasteiger partial charge in [-0.1, -0.05) is 38.2 Å². The molecule has 0 N–H and O–H groups in total. The summed E-state index contributed by atoms with van der Waals surface area (Å²) in [6.45, 7) is 4.70. The molecule has 0 aliphatic heterocycles. The van der Waals surface area contributed by atoms with Crippen LogP contribution in [0.5, 0.6) is 0 Å². The molecule has 1 aromatic heterocycles. The Kier molecular flexibility index (Phi) is 4.20. The average Bonchev–Trinajstić information content (AvgIpc) is 2.87. The summed E-state index contributed by atoms with van der Waals surface area (Å²) in [4.78, 5) is 15.6. The summed E-state index contributed by atoms with van der Waals surface area (Å²) in [7, 11) is 0. The van der Waals surface area contributed by atoms with E-state index in [0.29, 0.717) is 12.5 Å². The van der Waals surface area contributed by atoms with Crippen molar-refractivity contribution in [2.75, 3.05) is 6.61 Å². The van der Waals surface area contributed by atoms with Gasteiger partial charge < -0.3 is 4.74 Å². The Balaban J connectivity index is 1.96. The van der Waals surface area contributed by atoms with Crippen molar-refractivity contribution in [2.24, 2.45) is 11.3 Å². The second kappa shape index (κ2) is 5.87. The minimum absolute atomic E-state index is 0.111. The van der Waals surface area contributed by atoms with Crippen LogP contribution in [0.1, 0.15) is 26.7 Å². The van der Waals surface area contributed by atoms with Crippen LogP contribution in [0.4, 0.5) is 4.79 Å². The third-order valence-electron chi connectivity index (χ3n) is 3.29. The largest absolute Gasteiger partial charge is 0.448 e. The maximum absolute atomic E-state index is 11.8. The molecule has 1 aliphatic rings. The van der Waals surface area contributed by atoms with Gasteiger partial charge in [0.25, 0.3) is 0 Å². The van der Waals surface area contributed by atoms with E-state index in [1.807, 2.05) is 0 Å². The predicted octanol–water partition coefficient (Wildman–Crippen LogP) is 3.42. The Bertz CT molecular complexity index is 476. The van der Waals surface area contributed by atoms with Crippen molar-refractivity contribution in [3.05, 3.63) is 43.0 Å². The van der Waals surface area contributed by atoms with Gasteiger partial charge in [0.05, 0.1) is 0 Å². The second-order valence-electron chi connectivity index (χ2n) is 5.43. The van der Waals surface area contributed by atoms with Crippen molar-refractivity contribution in [1.29, 1.82) is 0 Å². The topological polar surface area (TPSA) is 44.1 Å². The van der Waals surface area contributed by atoms with E-state index in [1.54, 1.807) is 12.4 Å². The van der Waals surface area contributed by atoms with Crippen LogP contribution in [-0.2, 0) is 4.74 Å². The molecule has 0 spiro atoms. The monoisotopic (exact) mass is 260 g/mol. The van der Waals surface area contributed by atoms with E-state index in [9.17, 15) is 4.79 Å². The van der Waals surface area contributed by atoms with Gasteiger partial charge in [-0.2, -0.15) is 0 Å². The van der Waals surface area contributed by atoms with E-state index < -0.39 is 0 Å². The Hall–Kier alpha value is -1.84. The zero-order valence-electron chi connectivity index (χ0n) is 11.5. The highest BCUT2D eigenvalue weighted by atomic mass is 16.5. The lowest BCUT2D eigenvalue weighted by Gasteiger charge is -2.28. The van der Waals surface area contributed by atoms with E-state index in [-0.39, 0.29) is 11.5 Å². The lowest BCUT2D eigenvalue weighted by Crippen LogP contribution is -2.27. The third kappa shape index (κ3) is 3.81. The van der Waals surface area contributed by atoms with Gasteiger partial charge in [0.2, 0.25) is 0 Å². The lowest BCUT2D eigenvalue weighted by molar-refractivity contribution is 0.103. The molecule has 2 unspecified atom stereocenters. The Morgan fingerprint density at radius 2 is 2.37 bits per heavy atom. The standard InChI is InChI=1S/C15H20N2O2/c1-13-6-4-3-5-7-15(2,10-13)11-19-14(18)17-9-8-16-12-17/h4-9,12-13H,3,10-11H2,1-2H3. The van der Waals surface area contributed by atoms with Gasteiger partial charge in [-0.3, -0.25) is 0 Å². The molecule has 0 bridgehead atoms. The highest BCUT2D eigenvalue weighted by molar-refractivity contribution is 5.70. The molecule has 0 saturated carbocycles. The van der Waals surface area contributed by atoms with Gasteiger partial charge >= 0.3 is 6.09 Å². The number of rotatable bonds is 2. The van der Waals surface area contributed by atoms with Crippen molar-refractivity contribution in [3.8, 4) is 0 Å². The van der Waals surface area contributed by atoms with Gasteiger partial charge in [0.15, 0.2) is 0 Å². The zero-order valence-corrected chi connectivity index (χ0v) is 11.5. The molecule has 19 heavy (non-hydrogen) atoms. The Morgan fingerprint density at radius 1 is 1.53 bits per heavy atom. The van der Waals surface area contributed by atoms with Crippen LogP contribution >= 0.6 is 0 Å². The fourth-order valence-electron chi connectivity index (χ4n) is 2.39. The smallest absolute Gasteiger partial charge is 0.419 e. The van der Waals surface area contributed by atoms with Crippen LogP contribution in [0.25, 0.3) is 0 Å². The van der Waals surface area contributed by atoms with Crippen LogP contribution in [-0.4, -0.2) is 22.3 Å². The molecule has 4 heteroatoms. The number of hydrogen-bond acceptors (Lipinski definition) is 3. The summed E-state index contributed by atoms with van der Waals surface area (Å²) in [6, 6.07) is 0. The molecular formula is C15H20N2O2. The van der Waals surface area contributed by atoms with Gasteiger partial charge in [0.1, 0.15) is 12.9 Å². The summed E-state index contributed by atoms with van der Waals surface area (Å²) in [6.07, 6.45) is 14.8. The summed E-state index contributed by atoms with van der Waals surface area (Å²) in [5.41, 5.74) is -0.111. The first kappa shape index (κ1) is 13.6. The number of hydrogen-bond donors (Lipinski definition) is 0. The van der Waals surface area contributed by atoms with Crippen molar-refractivity contribution in [3.63, 3.8) is 0 Å². The highest BCUT2D eigenvalue weighted by Crippen LogP contribution is 2.30. The zero-order chi connectivity index (χ0) is 13.7. The van der Waals surface area contributed by atoms with Crippen LogP contribution in [0.3, 0.4) is 0 Å². The van der Waals surface area contributed by atoms with Gasteiger partial charge in [0, 0.05) is 17.8 Å². The highest BCUT2D eigenvalue weighted by Gasteiger charge is 2.26. The summed E-state index contributed by atoms with van der Waals surface area (Å²) >= 11 is 0. The quantitative estimate of drug-likeness (QED) is 0.765. The molecule has 4 nitrogen and oxygen atoms in total. The first-order valence-corrected chi connectivity index (χ1v) is 6.58. The minimum Gasteiger partial charge on any atom is -0.448 e. The molecule has 1 aromatic rings. The molecular weight excluding hydrogens is 240 g/mol. The van der Waals surface area contributed by atoms with Gasteiger partial charge in [-0.05, 0) is 18.8 Å². The van der Waals surface area contributed by atoms with Crippen molar-refractivity contribution in [2.45, 2.75) is 26.7 Å². The number of ether oxygens (including phenoxy) is 1. The molecule has 0 saturated heterocycles. The Labute approximate surface area is 113 Å². The van der Waals surface area contributed by atoms with Crippen LogP contribution < -0.4 is 0 Å². The average molecular weight is 260 g/mol. The number of carbonyl (C=O) groups excluding carboxylic acids is 1. The molecule has 1 heterocycles. The summed E-state index contributed by atoms with van der Waals surface area (Å²) < 4.78 is 6.73. The third-order valence-corrected chi connectivity index (χ3v) is 3.29. The maximum atomic E-state index is 11.8. The molecule has 0 amide bonds. The van der Waals surface area contributed by atoms with E-state index >= 15 is 0 Å². The van der Waals surface area contributed by atoms with Gasteiger partial charge in [-0.25, -0.2) is 14.3 Å². The summed E-state index contributed by atoms with van der Waals surface area (Å²) in [5, 5.41) is 0. The number of carbonyl (C=O) groups is 1. The number of aromatic nitrogens is 2. The maximum Gasteiger partial charge on any atom is 0.419 e. The number of allylic oxidation sites excluding steroid dienone is 3. The van der Waals surface area contributed by atoms with Crippen molar-refractivity contribution in [1.82, 2.24) is 9.55 Å². The lowest BCUT2D eigenvalue weighted by atomic mass is 9.80. The molecule has 0 radical (unpaired) electrons. The Morgan fingerprint density at radius 3 is 3.11 bits per heavy atom. The predicted molar refractivity (Wildman–Crippen MR) is 73.8 cm³/mol. The SMILES string of the molecule is CC1C=CCC=CC(C)(COC(=O)n2ccnc2)C1. The number of imidazole rings is 1. The van der Waals surface area contributed by atoms with Crippen LogP contribution in [0.2, 0.25) is 0 Å². The molecule has 2 rings (SSSR count). The second-order valence-corrected chi connectivity index (χ2v) is 5.43. The molecule has 1 aliphatic carbocycles. The van der Waals surface area contributed by atoms with Crippen LogP contribution in [0, 0.1) is 11.3 Å². The normalized spacial score (nSPS) is 26.7. The van der Waals surface area contributed by atoms with Crippen molar-refractivity contribution < 1.29 is 9.53 Å². The van der Waals surface area contributed by atoms with E-state index in [0.717, 1.165) is 12.8 Å². The van der Waals surface area contributed by atoms with E-state index in [2.05, 4.69) is 43.1 Å². The fraction of sp³-hybridized carbons (Fsp3) is 0.467. The van der Waals surface area contributed by atoms with Gasteiger partial charge in [-0.15, -0.1) is 0 Å². The first-order valence-electron chi connectivity index (χ1n) is 6.58. The van der Waals surface area contributed by atoms with E-state index in [4.69, 9.17) is 4.74 Å².